The first-order valence-electron chi connectivity index (χ1n) is 8.97. The van der Waals surface area contributed by atoms with Crippen molar-refractivity contribution >= 4 is 38.6 Å². The number of urea groups is 1. The summed E-state index contributed by atoms with van der Waals surface area (Å²) in [4.78, 5) is 20.0. The van der Waals surface area contributed by atoms with Gasteiger partial charge in [0.05, 0.1) is 0 Å². The van der Waals surface area contributed by atoms with Gasteiger partial charge in [-0.1, -0.05) is 46.3 Å². The fourth-order valence-corrected chi connectivity index (χ4v) is 3.71. The number of aromatic nitrogens is 2. The summed E-state index contributed by atoms with van der Waals surface area (Å²) < 4.78 is 0.914. The SMILES string of the molecule is O=C(NCC(c1cccnc1)c1c[nH]c2ccccc12)Nc1cccc(Br)c1. The number of para-hydroxylation sites is 1. The number of nitrogens with zero attached hydrogens (tertiary/aromatic N) is 1. The molecule has 0 spiro atoms. The van der Waals surface area contributed by atoms with Crippen LogP contribution in [0.2, 0.25) is 0 Å². The predicted octanol–water partition coefficient (Wildman–Crippen LogP) is 5.28. The number of halogens is 1. The van der Waals surface area contributed by atoms with E-state index in [0.29, 0.717) is 6.54 Å². The maximum absolute atomic E-state index is 12.4. The van der Waals surface area contributed by atoms with E-state index in [9.17, 15) is 4.79 Å². The molecule has 0 aliphatic carbocycles. The van der Waals surface area contributed by atoms with Gasteiger partial charge in [0, 0.05) is 52.1 Å². The Morgan fingerprint density at radius 3 is 2.82 bits per heavy atom. The van der Waals surface area contributed by atoms with E-state index in [2.05, 4.69) is 42.6 Å². The minimum Gasteiger partial charge on any atom is -0.361 e. The lowest BCUT2D eigenvalue weighted by atomic mass is 9.92. The van der Waals surface area contributed by atoms with E-state index in [1.54, 1.807) is 6.20 Å². The zero-order valence-electron chi connectivity index (χ0n) is 15.0. The Hall–Kier alpha value is -3.12. The zero-order chi connectivity index (χ0) is 19.3. The lowest BCUT2D eigenvalue weighted by Gasteiger charge is -2.18. The number of hydrogen-bond acceptors (Lipinski definition) is 2. The molecule has 5 nitrogen and oxygen atoms in total. The monoisotopic (exact) mass is 434 g/mol. The zero-order valence-corrected chi connectivity index (χ0v) is 16.6. The van der Waals surface area contributed by atoms with Crippen LogP contribution in [-0.2, 0) is 0 Å². The van der Waals surface area contributed by atoms with E-state index in [1.807, 2.05) is 67.0 Å². The summed E-state index contributed by atoms with van der Waals surface area (Å²) in [5.41, 5.74) is 3.99. The molecule has 140 valence electrons. The standard InChI is InChI=1S/C22H19BrN4O/c23-16-6-3-7-17(11-16)27-22(28)26-13-19(15-5-4-10-24-12-15)20-14-25-21-9-2-1-8-18(20)21/h1-12,14,19,25H,13H2,(H2,26,27,28). The number of rotatable bonds is 5. The van der Waals surface area contributed by atoms with Crippen LogP contribution in [0.1, 0.15) is 17.0 Å². The highest BCUT2D eigenvalue weighted by Gasteiger charge is 2.19. The van der Waals surface area contributed by atoms with E-state index < -0.39 is 0 Å². The van der Waals surface area contributed by atoms with Crippen molar-refractivity contribution in [1.82, 2.24) is 15.3 Å². The molecule has 1 unspecified atom stereocenters. The van der Waals surface area contributed by atoms with Crippen molar-refractivity contribution in [3.8, 4) is 0 Å². The predicted molar refractivity (Wildman–Crippen MR) is 116 cm³/mol. The van der Waals surface area contributed by atoms with Crippen molar-refractivity contribution in [2.24, 2.45) is 0 Å². The highest BCUT2D eigenvalue weighted by molar-refractivity contribution is 9.10. The van der Waals surface area contributed by atoms with Crippen LogP contribution in [0.15, 0.2) is 83.7 Å². The van der Waals surface area contributed by atoms with Gasteiger partial charge in [-0.15, -0.1) is 0 Å². The van der Waals surface area contributed by atoms with Gasteiger partial charge in [-0.2, -0.15) is 0 Å². The smallest absolute Gasteiger partial charge is 0.319 e. The molecule has 0 radical (unpaired) electrons. The highest BCUT2D eigenvalue weighted by atomic mass is 79.9. The fraction of sp³-hybridized carbons (Fsp3) is 0.0909. The number of carbonyl (C=O) groups excluding carboxylic acids is 1. The molecule has 2 aromatic carbocycles. The van der Waals surface area contributed by atoms with Gasteiger partial charge in [0.1, 0.15) is 0 Å². The topological polar surface area (TPSA) is 69.8 Å². The van der Waals surface area contributed by atoms with Crippen LogP contribution < -0.4 is 10.6 Å². The second-order valence-electron chi connectivity index (χ2n) is 6.47. The van der Waals surface area contributed by atoms with E-state index in [4.69, 9.17) is 0 Å². The quantitative estimate of drug-likeness (QED) is 0.399. The first-order chi connectivity index (χ1) is 13.7. The summed E-state index contributed by atoms with van der Waals surface area (Å²) in [6.07, 6.45) is 5.61. The third kappa shape index (κ3) is 4.07. The molecule has 6 heteroatoms. The van der Waals surface area contributed by atoms with E-state index in [0.717, 1.165) is 32.2 Å². The first kappa shape index (κ1) is 18.3. The summed E-state index contributed by atoms with van der Waals surface area (Å²) >= 11 is 3.41. The Labute approximate surface area is 171 Å². The van der Waals surface area contributed by atoms with Crippen LogP contribution in [0.25, 0.3) is 10.9 Å². The largest absolute Gasteiger partial charge is 0.361 e. The fourth-order valence-electron chi connectivity index (χ4n) is 3.31. The van der Waals surface area contributed by atoms with Crippen molar-refractivity contribution in [1.29, 1.82) is 0 Å². The summed E-state index contributed by atoms with van der Waals surface area (Å²) in [6, 6.07) is 19.4. The van der Waals surface area contributed by atoms with Crippen molar-refractivity contribution in [3.05, 3.63) is 94.9 Å². The maximum atomic E-state index is 12.4. The number of amides is 2. The Morgan fingerprint density at radius 2 is 2.00 bits per heavy atom. The number of carbonyl (C=O) groups is 1. The number of anilines is 1. The van der Waals surface area contributed by atoms with E-state index in [-0.39, 0.29) is 11.9 Å². The summed E-state index contributed by atoms with van der Waals surface area (Å²) in [6.45, 7) is 0.452. The number of H-pyrrole nitrogens is 1. The molecular formula is C22H19BrN4O. The molecule has 0 aliphatic heterocycles. The van der Waals surface area contributed by atoms with Gasteiger partial charge >= 0.3 is 6.03 Å². The molecule has 1 atom stereocenters. The molecule has 0 saturated heterocycles. The number of benzene rings is 2. The highest BCUT2D eigenvalue weighted by Crippen LogP contribution is 2.30. The molecule has 4 rings (SSSR count). The van der Waals surface area contributed by atoms with Gasteiger partial charge in [-0.05, 0) is 41.5 Å². The molecule has 0 bridgehead atoms. The number of fused-ring (bicyclic) bond motifs is 1. The average molecular weight is 435 g/mol. The molecule has 2 amide bonds. The van der Waals surface area contributed by atoms with Crippen LogP contribution in [0.5, 0.6) is 0 Å². The van der Waals surface area contributed by atoms with Gasteiger partial charge < -0.3 is 15.6 Å². The maximum Gasteiger partial charge on any atom is 0.319 e. The molecule has 3 N–H and O–H groups in total. The van der Waals surface area contributed by atoms with Crippen LogP contribution in [-0.4, -0.2) is 22.5 Å². The third-order valence-electron chi connectivity index (χ3n) is 4.63. The van der Waals surface area contributed by atoms with Gasteiger partial charge in [0.2, 0.25) is 0 Å². The van der Waals surface area contributed by atoms with Crippen LogP contribution in [0, 0.1) is 0 Å². The van der Waals surface area contributed by atoms with Gasteiger partial charge in [-0.3, -0.25) is 4.98 Å². The Bertz CT molecular complexity index is 1090. The molecule has 28 heavy (non-hydrogen) atoms. The number of aromatic amines is 1. The Morgan fingerprint density at radius 1 is 1.11 bits per heavy atom. The summed E-state index contributed by atoms with van der Waals surface area (Å²) in [5.74, 6) is -0.0156. The Kier molecular flexibility index (Phi) is 5.39. The van der Waals surface area contributed by atoms with Crippen LogP contribution in [0.3, 0.4) is 0 Å². The third-order valence-corrected chi connectivity index (χ3v) is 5.13. The van der Waals surface area contributed by atoms with Gasteiger partial charge in [-0.25, -0.2) is 4.79 Å². The van der Waals surface area contributed by atoms with Crippen LogP contribution in [0.4, 0.5) is 10.5 Å². The van der Waals surface area contributed by atoms with Crippen molar-refractivity contribution < 1.29 is 4.79 Å². The van der Waals surface area contributed by atoms with Crippen molar-refractivity contribution in [3.63, 3.8) is 0 Å². The summed E-state index contributed by atoms with van der Waals surface area (Å²) in [7, 11) is 0. The first-order valence-corrected chi connectivity index (χ1v) is 9.76. The number of pyridine rings is 1. The molecule has 2 heterocycles. The van der Waals surface area contributed by atoms with E-state index in [1.165, 1.54) is 0 Å². The molecule has 0 aliphatic rings. The van der Waals surface area contributed by atoms with Gasteiger partial charge in [0.25, 0.3) is 0 Å². The second kappa shape index (κ2) is 8.27. The van der Waals surface area contributed by atoms with Crippen molar-refractivity contribution in [2.75, 3.05) is 11.9 Å². The normalized spacial score (nSPS) is 11.9. The lowest BCUT2D eigenvalue weighted by Crippen LogP contribution is -2.32. The van der Waals surface area contributed by atoms with Gasteiger partial charge in [0.15, 0.2) is 0 Å². The molecule has 0 saturated carbocycles. The number of nitrogens with one attached hydrogen (secondary N) is 3. The second-order valence-corrected chi connectivity index (χ2v) is 7.39. The minimum atomic E-state index is -0.244. The molecule has 0 fully saturated rings. The summed E-state index contributed by atoms with van der Waals surface area (Å²) in [5, 5.41) is 7.01. The molecule has 4 aromatic rings. The van der Waals surface area contributed by atoms with Crippen molar-refractivity contribution in [2.45, 2.75) is 5.92 Å². The molecular weight excluding hydrogens is 416 g/mol. The lowest BCUT2D eigenvalue weighted by molar-refractivity contribution is 0.252. The minimum absolute atomic E-state index is 0.0156. The molecule has 2 aromatic heterocycles. The average Bonchev–Trinajstić information content (AvgIpc) is 3.13. The number of hydrogen-bond donors (Lipinski definition) is 3. The van der Waals surface area contributed by atoms with E-state index >= 15 is 0 Å². The Balaban J connectivity index is 1.56. The van der Waals surface area contributed by atoms with Crippen LogP contribution >= 0.6 is 15.9 Å².